The molecule has 110 valence electrons. The van der Waals surface area contributed by atoms with Crippen molar-refractivity contribution in [2.75, 3.05) is 11.9 Å². The topological polar surface area (TPSA) is 77.2 Å². The first kappa shape index (κ1) is 14.8. The van der Waals surface area contributed by atoms with E-state index in [2.05, 4.69) is 17.2 Å². The van der Waals surface area contributed by atoms with Gasteiger partial charge < -0.3 is 15.8 Å². The molecular formula is C16H19N3O2. The highest BCUT2D eigenvalue weighted by molar-refractivity contribution is 5.73. The summed E-state index contributed by atoms with van der Waals surface area (Å²) >= 11 is 0. The van der Waals surface area contributed by atoms with E-state index in [0.717, 1.165) is 11.4 Å². The van der Waals surface area contributed by atoms with Gasteiger partial charge in [0.15, 0.2) is 0 Å². The summed E-state index contributed by atoms with van der Waals surface area (Å²) in [6.45, 7) is 2.39. The van der Waals surface area contributed by atoms with E-state index in [0.29, 0.717) is 6.61 Å². The van der Waals surface area contributed by atoms with Crippen molar-refractivity contribution in [3.05, 3.63) is 54.4 Å². The lowest BCUT2D eigenvalue weighted by molar-refractivity contribution is -0.118. The number of carbonyl (C=O) groups excluding carboxylic acids is 1. The number of hydrogen-bond donors (Lipinski definition) is 2. The number of rotatable bonds is 7. The Morgan fingerprint density at radius 3 is 2.52 bits per heavy atom. The quantitative estimate of drug-likeness (QED) is 0.819. The van der Waals surface area contributed by atoms with Gasteiger partial charge in [0.1, 0.15) is 5.75 Å². The fourth-order valence-corrected chi connectivity index (χ4v) is 1.90. The lowest BCUT2D eigenvalue weighted by Gasteiger charge is -2.15. The molecule has 2 aromatic rings. The zero-order valence-electron chi connectivity index (χ0n) is 12.0. The van der Waals surface area contributed by atoms with Gasteiger partial charge in [-0.2, -0.15) is 0 Å². The van der Waals surface area contributed by atoms with Crippen molar-refractivity contribution in [2.24, 2.45) is 5.73 Å². The van der Waals surface area contributed by atoms with E-state index in [1.807, 2.05) is 36.4 Å². The van der Waals surface area contributed by atoms with Gasteiger partial charge in [-0.05, 0) is 48.9 Å². The molecule has 0 bridgehead atoms. The number of carbonyl (C=O) groups is 1. The largest absolute Gasteiger partial charge is 0.493 e. The first-order valence-electron chi connectivity index (χ1n) is 6.83. The van der Waals surface area contributed by atoms with Crippen LogP contribution in [0.1, 0.15) is 24.9 Å². The molecule has 0 spiro atoms. The smallest absolute Gasteiger partial charge is 0.220 e. The van der Waals surface area contributed by atoms with E-state index < -0.39 is 0 Å². The van der Waals surface area contributed by atoms with Gasteiger partial charge in [-0.15, -0.1) is 0 Å². The average molecular weight is 285 g/mol. The van der Waals surface area contributed by atoms with Gasteiger partial charge in [-0.3, -0.25) is 9.78 Å². The van der Waals surface area contributed by atoms with Crippen molar-refractivity contribution in [1.82, 2.24) is 4.98 Å². The third-order valence-electron chi connectivity index (χ3n) is 3.06. The zero-order chi connectivity index (χ0) is 15.1. The molecule has 1 aromatic carbocycles. The van der Waals surface area contributed by atoms with E-state index in [1.165, 1.54) is 5.56 Å². The minimum atomic E-state index is -0.362. The molecular weight excluding hydrogens is 266 g/mol. The first-order valence-corrected chi connectivity index (χ1v) is 6.83. The van der Waals surface area contributed by atoms with Crippen molar-refractivity contribution in [2.45, 2.75) is 19.4 Å². The second-order valence-electron chi connectivity index (χ2n) is 4.74. The predicted molar refractivity (Wildman–Crippen MR) is 82.0 cm³/mol. The van der Waals surface area contributed by atoms with Crippen LogP contribution in [0.4, 0.5) is 5.69 Å². The summed E-state index contributed by atoms with van der Waals surface area (Å²) in [5.41, 5.74) is 7.23. The Bertz CT molecular complexity index is 570. The van der Waals surface area contributed by atoms with Crippen LogP contribution in [0.25, 0.3) is 0 Å². The maximum absolute atomic E-state index is 10.6. The van der Waals surface area contributed by atoms with Crippen LogP contribution in [0, 0.1) is 0 Å². The summed E-state index contributed by atoms with van der Waals surface area (Å²) in [6, 6.07) is 11.8. The Hall–Kier alpha value is -2.56. The number of primary amides is 1. The highest BCUT2D eigenvalue weighted by Gasteiger charge is 2.05. The molecule has 5 nitrogen and oxygen atoms in total. The third kappa shape index (κ3) is 4.80. The van der Waals surface area contributed by atoms with E-state index >= 15 is 0 Å². The molecule has 0 radical (unpaired) electrons. The van der Waals surface area contributed by atoms with Gasteiger partial charge in [-0.1, -0.05) is 0 Å². The van der Waals surface area contributed by atoms with E-state index in [4.69, 9.17) is 10.5 Å². The number of nitrogens with two attached hydrogens (primary N) is 1. The van der Waals surface area contributed by atoms with Crippen molar-refractivity contribution < 1.29 is 9.53 Å². The molecule has 0 saturated carbocycles. The minimum absolute atomic E-state index is 0.189. The average Bonchev–Trinajstić information content (AvgIpc) is 2.49. The maximum Gasteiger partial charge on any atom is 0.220 e. The summed E-state index contributed by atoms with van der Waals surface area (Å²) in [5, 5.41) is 3.40. The first-order chi connectivity index (χ1) is 10.1. The second kappa shape index (κ2) is 7.28. The van der Waals surface area contributed by atoms with Crippen LogP contribution in [0.2, 0.25) is 0 Å². The molecule has 0 aliphatic heterocycles. The van der Waals surface area contributed by atoms with Crippen molar-refractivity contribution in [3.8, 4) is 5.75 Å². The summed E-state index contributed by atoms with van der Waals surface area (Å²) < 4.78 is 5.42. The van der Waals surface area contributed by atoms with Crippen LogP contribution in [0.15, 0.2) is 48.8 Å². The Morgan fingerprint density at radius 2 is 1.90 bits per heavy atom. The molecule has 1 unspecified atom stereocenters. The number of amides is 1. The molecule has 0 aliphatic carbocycles. The normalized spacial score (nSPS) is 11.7. The Morgan fingerprint density at radius 1 is 1.24 bits per heavy atom. The summed E-state index contributed by atoms with van der Waals surface area (Å²) in [5.74, 6) is 0.359. The SMILES string of the molecule is CC(Nc1ccc(OCCC(N)=O)cc1)c1ccncc1. The minimum Gasteiger partial charge on any atom is -0.493 e. The standard InChI is InChI=1S/C16H19N3O2/c1-12(13-6-9-18-10-7-13)19-14-2-4-15(5-3-14)21-11-8-16(17)20/h2-7,9-10,12,19H,8,11H2,1H3,(H2,17,20). The van der Waals surface area contributed by atoms with Crippen LogP contribution in [-0.4, -0.2) is 17.5 Å². The number of benzene rings is 1. The third-order valence-corrected chi connectivity index (χ3v) is 3.06. The zero-order valence-corrected chi connectivity index (χ0v) is 12.0. The Balaban J connectivity index is 1.89. The molecule has 1 heterocycles. The number of nitrogens with zero attached hydrogens (tertiary/aromatic N) is 1. The van der Waals surface area contributed by atoms with Crippen LogP contribution in [0.3, 0.4) is 0 Å². The molecule has 1 amide bonds. The number of aromatic nitrogens is 1. The number of pyridine rings is 1. The van der Waals surface area contributed by atoms with Crippen LogP contribution >= 0.6 is 0 Å². The second-order valence-corrected chi connectivity index (χ2v) is 4.74. The van der Waals surface area contributed by atoms with E-state index in [-0.39, 0.29) is 18.4 Å². The van der Waals surface area contributed by atoms with E-state index in [1.54, 1.807) is 12.4 Å². The summed E-state index contributed by atoms with van der Waals surface area (Å²) in [7, 11) is 0. The fraction of sp³-hybridized carbons (Fsp3) is 0.250. The summed E-state index contributed by atoms with van der Waals surface area (Å²) in [6.07, 6.45) is 3.78. The lowest BCUT2D eigenvalue weighted by atomic mass is 10.1. The molecule has 5 heteroatoms. The molecule has 0 aliphatic rings. The number of hydrogen-bond acceptors (Lipinski definition) is 4. The van der Waals surface area contributed by atoms with Gasteiger partial charge in [0.05, 0.1) is 13.0 Å². The maximum atomic E-state index is 10.6. The lowest BCUT2D eigenvalue weighted by Crippen LogP contribution is -2.14. The summed E-state index contributed by atoms with van der Waals surface area (Å²) in [4.78, 5) is 14.6. The van der Waals surface area contributed by atoms with Crippen LogP contribution in [-0.2, 0) is 4.79 Å². The molecule has 3 N–H and O–H groups in total. The molecule has 1 aromatic heterocycles. The molecule has 0 fully saturated rings. The molecule has 21 heavy (non-hydrogen) atoms. The number of ether oxygens (including phenoxy) is 1. The Kier molecular flexibility index (Phi) is 5.15. The predicted octanol–water partition coefficient (Wildman–Crippen LogP) is 2.51. The van der Waals surface area contributed by atoms with Gasteiger partial charge in [0, 0.05) is 24.1 Å². The monoisotopic (exact) mass is 285 g/mol. The fourth-order valence-electron chi connectivity index (χ4n) is 1.90. The van der Waals surface area contributed by atoms with Crippen LogP contribution in [0.5, 0.6) is 5.75 Å². The van der Waals surface area contributed by atoms with Gasteiger partial charge in [-0.25, -0.2) is 0 Å². The van der Waals surface area contributed by atoms with Crippen molar-refractivity contribution >= 4 is 11.6 Å². The van der Waals surface area contributed by atoms with Crippen LogP contribution < -0.4 is 15.8 Å². The van der Waals surface area contributed by atoms with Gasteiger partial charge >= 0.3 is 0 Å². The van der Waals surface area contributed by atoms with E-state index in [9.17, 15) is 4.79 Å². The number of anilines is 1. The molecule has 1 atom stereocenters. The molecule has 2 rings (SSSR count). The Labute approximate surface area is 124 Å². The van der Waals surface area contributed by atoms with Gasteiger partial charge in [0.25, 0.3) is 0 Å². The highest BCUT2D eigenvalue weighted by Crippen LogP contribution is 2.21. The number of nitrogens with one attached hydrogen (secondary N) is 1. The van der Waals surface area contributed by atoms with Crippen molar-refractivity contribution in [3.63, 3.8) is 0 Å². The highest BCUT2D eigenvalue weighted by atomic mass is 16.5. The van der Waals surface area contributed by atoms with Gasteiger partial charge in [0.2, 0.25) is 5.91 Å². The molecule has 0 saturated heterocycles. The van der Waals surface area contributed by atoms with Crippen molar-refractivity contribution in [1.29, 1.82) is 0 Å².